The van der Waals surface area contributed by atoms with Gasteiger partial charge in [0.2, 0.25) is 0 Å². The van der Waals surface area contributed by atoms with Gasteiger partial charge >= 0.3 is 0 Å². The molecule has 0 aliphatic carbocycles. The summed E-state index contributed by atoms with van der Waals surface area (Å²) in [5.41, 5.74) is 1.79. The van der Waals surface area contributed by atoms with Gasteiger partial charge in [-0.3, -0.25) is 9.52 Å². The molecular formula is C27H26FN5O5S. The molecule has 2 saturated heterocycles. The maximum Gasteiger partial charge on any atom is 0.264 e. The SMILES string of the molecule is C=S(=O)(NC(=O)c1cn2ncnc(Nc3ccc(F)cc3OC3COC4CCOC43)c2c1C)c1ccccc1. The van der Waals surface area contributed by atoms with E-state index in [9.17, 15) is 13.4 Å². The Morgan fingerprint density at radius 1 is 1.23 bits per heavy atom. The molecule has 0 spiro atoms. The molecule has 4 atom stereocenters. The summed E-state index contributed by atoms with van der Waals surface area (Å²) in [5, 5.41) is 7.43. The fourth-order valence-corrected chi connectivity index (χ4v) is 6.03. The molecule has 2 aromatic heterocycles. The Morgan fingerprint density at radius 3 is 2.87 bits per heavy atom. The largest absolute Gasteiger partial charge is 0.483 e. The molecule has 39 heavy (non-hydrogen) atoms. The van der Waals surface area contributed by atoms with Crippen molar-refractivity contribution in [3.63, 3.8) is 0 Å². The van der Waals surface area contributed by atoms with E-state index < -0.39 is 21.4 Å². The van der Waals surface area contributed by atoms with Gasteiger partial charge in [0.25, 0.3) is 5.91 Å². The van der Waals surface area contributed by atoms with Crippen molar-refractivity contribution in [3.05, 3.63) is 78.0 Å². The summed E-state index contributed by atoms with van der Waals surface area (Å²) in [7, 11) is -3.08. The second kappa shape index (κ2) is 9.95. The summed E-state index contributed by atoms with van der Waals surface area (Å²) in [6, 6.07) is 12.7. The number of halogens is 1. The second-order valence-corrected chi connectivity index (χ2v) is 11.4. The highest BCUT2D eigenvalue weighted by Crippen LogP contribution is 2.35. The zero-order valence-corrected chi connectivity index (χ0v) is 21.8. The van der Waals surface area contributed by atoms with Crippen molar-refractivity contribution < 1.29 is 27.6 Å². The Bertz CT molecular complexity index is 1660. The molecule has 4 aromatic rings. The van der Waals surface area contributed by atoms with Crippen LogP contribution >= 0.6 is 0 Å². The Hall–Kier alpha value is -4.00. The van der Waals surface area contributed by atoms with Gasteiger partial charge in [0.05, 0.1) is 33.7 Å². The predicted octanol–water partition coefficient (Wildman–Crippen LogP) is 3.28. The predicted molar refractivity (Wildman–Crippen MR) is 143 cm³/mol. The molecular weight excluding hydrogens is 525 g/mol. The van der Waals surface area contributed by atoms with Crippen LogP contribution < -0.4 is 14.8 Å². The highest BCUT2D eigenvalue weighted by Gasteiger charge is 2.43. The van der Waals surface area contributed by atoms with Gasteiger partial charge in [-0.2, -0.15) is 5.10 Å². The van der Waals surface area contributed by atoms with Crippen molar-refractivity contribution in [2.24, 2.45) is 0 Å². The van der Waals surface area contributed by atoms with Crippen LogP contribution in [0.2, 0.25) is 0 Å². The van der Waals surface area contributed by atoms with Crippen molar-refractivity contribution in [3.8, 4) is 5.75 Å². The number of rotatable bonds is 7. The maximum atomic E-state index is 14.2. The fraction of sp³-hybridized carbons (Fsp3) is 0.259. The Kier molecular flexibility index (Phi) is 6.45. The molecule has 202 valence electrons. The number of carbonyl (C=O) groups excluding carboxylic acids is 1. The van der Waals surface area contributed by atoms with E-state index in [1.165, 1.54) is 29.2 Å². The molecule has 0 radical (unpaired) electrons. The topological polar surface area (TPSA) is 116 Å². The van der Waals surface area contributed by atoms with Crippen LogP contribution in [-0.4, -0.2) is 62.1 Å². The number of hydrogen-bond acceptors (Lipinski definition) is 8. The standard InChI is InChI=1S/C27H26FN5O5S/c1-16-19(27(34)32-39(2,35)18-6-4-3-5-7-18)13-33-24(16)26(29-15-30-33)31-20-9-8-17(28)12-22(20)38-23-14-37-21-10-11-36-25(21)23/h3-9,12-13,15,21,23,25H,2,10-11,14H2,1H3,(H,29,30,31)(H,32,34,35). The summed E-state index contributed by atoms with van der Waals surface area (Å²) in [4.78, 5) is 17.9. The van der Waals surface area contributed by atoms with E-state index >= 15 is 0 Å². The first-order valence-electron chi connectivity index (χ1n) is 12.3. The van der Waals surface area contributed by atoms with Crippen LogP contribution in [0.4, 0.5) is 15.9 Å². The molecule has 2 aromatic carbocycles. The van der Waals surface area contributed by atoms with E-state index in [4.69, 9.17) is 14.2 Å². The van der Waals surface area contributed by atoms with Gasteiger partial charge < -0.3 is 19.5 Å². The number of fused-ring (bicyclic) bond motifs is 2. The first-order chi connectivity index (χ1) is 18.8. The third-order valence-electron chi connectivity index (χ3n) is 6.85. The van der Waals surface area contributed by atoms with Crippen LogP contribution in [0.25, 0.3) is 5.52 Å². The van der Waals surface area contributed by atoms with Crippen molar-refractivity contribution >= 4 is 38.5 Å². The van der Waals surface area contributed by atoms with Gasteiger partial charge in [-0.05, 0) is 49.0 Å². The van der Waals surface area contributed by atoms with E-state index in [2.05, 4.69) is 26.0 Å². The van der Waals surface area contributed by atoms with Crippen molar-refractivity contribution in [2.45, 2.75) is 36.6 Å². The molecule has 6 rings (SSSR count). The lowest BCUT2D eigenvalue weighted by Crippen LogP contribution is -2.32. The van der Waals surface area contributed by atoms with Crippen LogP contribution in [0.15, 0.2) is 66.0 Å². The molecule has 0 bridgehead atoms. The highest BCUT2D eigenvalue weighted by molar-refractivity contribution is 7.99. The van der Waals surface area contributed by atoms with E-state index in [-0.39, 0.29) is 29.6 Å². The van der Waals surface area contributed by atoms with Crippen LogP contribution in [0.5, 0.6) is 5.75 Å². The molecule has 4 heterocycles. The number of hydrogen-bond donors (Lipinski definition) is 2. The molecule has 10 nitrogen and oxygen atoms in total. The zero-order chi connectivity index (χ0) is 27.1. The first-order valence-corrected chi connectivity index (χ1v) is 14.1. The minimum atomic E-state index is -3.08. The fourth-order valence-electron chi connectivity index (χ4n) is 4.90. The monoisotopic (exact) mass is 551 g/mol. The minimum Gasteiger partial charge on any atom is -0.483 e. The number of amides is 1. The average molecular weight is 552 g/mol. The Balaban J connectivity index is 1.29. The quantitative estimate of drug-likeness (QED) is 0.336. The summed E-state index contributed by atoms with van der Waals surface area (Å²) < 4.78 is 49.1. The number of nitrogens with one attached hydrogen (secondary N) is 2. The van der Waals surface area contributed by atoms with Crippen molar-refractivity contribution in [2.75, 3.05) is 18.5 Å². The first kappa shape index (κ1) is 25.3. The third-order valence-corrected chi connectivity index (χ3v) is 8.40. The van der Waals surface area contributed by atoms with Gasteiger partial charge in [-0.25, -0.2) is 18.1 Å². The summed E-state index contributed by atoms with van der Waals surface area (Å²) in [6.45, 7) is 2.68. The molecule has 0 saturated carbocycles. The maximum absolute atomic E-state index is 14.2. The third kappa shape index (κ3) is 4.82. The molecule has 2 aliphatic heterocycles. The minimum absolute atomic E-state index is 0.0238. The van der Waals surface area contributed by atoms with Gasteiger partial charge in [-0.15, -0.1) is 0 Å². The number of nitrogens with zero attached hydrogens (tertiary/aromatic N) is 3. The Labute approximate surface area is 224 Å². The second-order valence-electron chi connectivity index (χ2n) is 9.41. The number of benzene rings is 2. The number of anilines is 2. The average Bonchev–Trinajstić information content (AvgIpc) is 3.62. The van der Waals surface area contributed by atoms with Gasteiger partial charge in [0.15, 0.2) is 11.9 Å². The van der Waals surface area contributed by atoms with Gasteiger partial charge in [0, 0.05) is 23.8 Å². The Morgan fingerprint density at radius 2 is 2.05 bits per heavy atom. The molecule has 12 heteroatoms. The molecule has 2 N–H and O–H groups in total. The zero-order valence-electron chi connectivity index (χ0n) is 21.0. The van der Waals surface area contributed by atoms with Crippen molar-refractivity contribution in [1.29, 1.82) is 0 Å². The van der Waals surface area contributed by atoms with Crippen LogP contribution in [-0.2, 0) is 19.2 Å². The van der Waals surface area contributed by atoms with E-state index in [0.29, 0.717) is 40.7 Å². The molecule has 4 unspecified atom stereocenters. The van der Waals surface area contributed by atoms with E-state index in [1.54, 1.807) is 43.3 Å². The number of aryl methyl sites for hydroxylation is 1. The van der Waals surface area contributed by atoms with E-state index in [1.807, 2.05) is 0 Å². The number of aromatic nitrogens is 3. The normalized spacial score (nSPS) is 21.8. The lowest BCUT2D eigenvalue weighted by Gasteiger charge is -2.20. The molecule has 2 fully saturated rings. The lowest BCUT2D eigenvalue weighted by molar-refractivity contribution is 0.0310. The summed E-state index contributed by atoms with van der Waals surface area (Å²) in [5.74, 6) is 3.35. The number of ether oxygens (including phenoxy) is 3. The number of carbonyl (C=O) groups is 1. The van der Waals surface area contributed by atoms with Crippen molar-refractivity contribution in [1.82, 2.24) is 19.3 Å². The summed E-state index contributed by atoms with van der Waals surface area (Å²) >= 11 is 0. The van der Waals surface area contributed by atoms with Crippen LogP contribution in [0.1, 0.15) is 22.3 Å². The summed E-state index contributed by atoms with van der Waals surface area (Å²) in [6.07, 6.45) is 3.05. The molecule has 1 amide bonds. The van der Waals surface area contributed by atoms with Crippen LogP contribution in [0.3, 0.4) is 0 Å². The van der Waals surface area contributed by atoms with Gasteiger partial charge in [0.1, 0.15) is 29.5 Å². The van der Waals surface area contributed by atoms with Gasteiger partial charge in [-0.1, -0.05) is 18.2 Å². The highest BCUT2D eigenvalue weighted by atomic mass is 32.2. The lowest BCUT2D eigenvalue weighted by atomic mass is 10.1. The smallest absolute Gasteiger partial charge is 0.264 e. The van der Waals surface area contributed by atoms with E-state index in [0.717, 1.165) is 6.42 Å². The molecule has 2 aliphatic rings. The van der Waals surface area contributed by atoms with Crippen LogP contribution in [0, 0.1) is 12.7 Å².